The molecule has 3 rings (SSSR count). The lowest BCUT2D eigenvalue weighted by Gasteiger charge is -2.45. The zero-order chi connectivity index (χ0) is 21.6. The number of ether oxygens (including phenoxy) is 1. The van der Waals surface area contributed by atoms with Crippen LogP contribution in [0.1, 0.15) is 20.3 Å². The Balaban J connectivity index is 2.20. The lowest BCUT2D eigenvalue weighted by Crippen LogP contribution is -2.53. The average Bonchev–Trinajstić information content (AvgIpc) is 2.61. The van der Waals surface area contributed by atoms with Gasteiger partial charge in [0.1, 0.15) is 17.6 Å². The van der Waals surface area contributed by atoms with Gasteiger partial charge in [-0.3, -0.25) is 0 Å². The number of nitriles is 1. The fraction of sp³-hybridized carbons (Fsp3) is 0.333. The minimum Gasteiger partial charge on any atom is -0.382 e. The number of rotatable bonds is 2. The van der Waals surface area contributed by atoms with Crippen LogP contribution in [0.3, 0.4) is 0 Å². The molecule has 154 valence electrons. The van der Waals surface area contributed by atoms with E-state index in [2.05, 4.69) is 15.9 Å². The minimum absolute atomic E-state index is 0.0754. The van der Waals surface area contributed by atoms with Crippen molar-refractivity contribution >= 4 is 27.6 Å². The molecule has 0 radical (unpaired) electrons. The molecule has 0 atom stereocenters. The van der Waals surface area contributed by atoms with Crippen LogP contribution in [0.2, 0.25) is 0 Å². The second kappa shape index (κ2) is 7.27. The van der Waals surface area contributed by atoms with E-state index >= 15 is 0 Å². The monoisotopic (exact) mass is 472 g/mol. The minimum atomic E-state index is -5.23. The van der Waals surface area contributed by atoms with Gasteiger partial charge in [-0.25, -0.2) is 9.80 Å². The van der Waals surface area contributed by atoms with Gasteiger partial charge < -0.3 is 15.3 Å². The van der Waals surface area contributed by atoms with Gasteiger partial charge in [-0.05, 0) is 41.9 Å². The van der Waals surface area contributed by atoms with Crippen LogP contribution in [-0.2, 0) is 14.4 Å². The maximum atomic E-state index is 12.9. The maximum absolute atomic E-state index is 12.9. The molecule has 7 nitrogen and oxygen atoms in total. The first-order chi connectivity index (χ1) is 13.5. The molecule has 2 heterocycles. The third-order valence-corrected chi connectivity index (χ3v) is 5.01. The molecule has 2 N–H and O–H groups in total. The van der Waals surface area contributed by atoms with E-state index in [1.54, 1.807) is 38.1 Å². The average molecular weight is 473 g/mol. The van der Waals surface area contributed by atoms with Crippen LogP contribution in [0.25, 0.3) is 0 Å². The molecule has 29 heavy (non-hydrogen) atoms. The number of anilines is 1. The number of hydrogen-bond acceptors (Lipinski definition) is 7. The summed E-state index contributed by atoms with van der Waals surface area (Å²) in [5.74, 6) is -2.61. The number of nitrogens with two attached hydrogens (primary N) is 1. The number of hydrogen-bond donors (Lipinski definition) is 1. The number of para-hydroxylation sites is 1. The number of hydroxylamine groups is 1. The molecule has 2 aliphatic rings. The molecule has 2 aliphatic heterocycles. The summed E-state index contributed by atoms with van der Waals surface area (Å²) in [4.78, 5) is 16.3. The highest BCUT2D eigenvalue weighted by atomic mass is 79.9. The summed E-state index contributed by atoms with van der Waals surface area (Å²) in [5, 5.41) is 11.4. The topological polar surface area (TPSA) is 91.8 Å². The Kier molecular flexibility index (Phi) is 5.27. The Bertz CT molecular complexity index is 966. The summed E-state index contributed by atoms with van der Waals surface area (Å²) in [7, 11) is 0. The van der Waals surface area contributed by atoms with E-state index in [1.807, 2.05) is 6.07 Å². The summed E-state index contributed by atoms with van der Waals surface area (Å²) in [5.41, 5.74) is 6.28. The molecule has 0 spiro atoms. The highest BCUT2D eigenvalue weighted by Crippen LogP contribution is 2.42. The first-order valence-corrected chi connectivity index (χ1v) is 9.15. The number of halogens is 4. The first-order valence-electron chi connectivity index (χ1n) is 8.36. The Morgan fingerprint density at radius 1 is 1.38 bits per heavy atom. The lowest BCUT2D eigenvalue weighted by molar-refractivity contribution is -0.236. The number of carbonyl (C=O) groups excluding carboxylic acids is 1. The summed E-state index contributed by atoms with van der Waals surface area (Å²) in [6.45, 7) is 3.36. The van der Waals surface area contributed by atoms with Crippen molar-refractivity contribution in [2.75, 3.05) is 11.6 Å². The number of benzene rings is 1. The molecule has 1 aromatic carbocycles. The van der Waals surface area contributed by atoms with Gasteiger partial charge in [0.15, 0.2) is 0 Å². The van der Waals surface area contributed by atoms with Crippen molar-refractivity contribution in [2.45, 2.75) is 32.0 Å². The van der Waals surface area contributed by atoms with E-state index in [-0.39, 0.29) is 35.8 Å². The number of hydrazine groups is 1. The molecule has 0 aliphatic carbocycles. The van der Waals surface area contributed by atoms with Crippen molar-refractivity contribution in [3.05, 3.63) is 51.4 Å². The summed E-state index contributed by atoms with van der Waals surface area (Å²) in [6, 6.07) is 8.48. The predicted molar refractivity (Wildman–Crippen MR) is 99.1 cm³/mol. The molecule has 0 aromatic heterocycles. The van der Waals surface area contributed by atoms with Gasteiger partial charge in [-0.1, -0.05) is 12.1 Å². The van der Waals surface area contributed by atoms with Gasteiger partial charge >= 0.3 is 12.1 Å². The molecular weight excluding hydrogens is 457 g/mol. The van der Waals surface area contributed by atoms with Crippen LogP contribution >= 0.6 is 15.9 Å². The molecule has 1 aromatic rings. The highest BCUT2D eigenvalue weighted by Gasteiger charge is 2.47. The van der Waals surface area contributed by atoms with E-state index in [1.165, 1.54) is 0 Å². The van der Waals surface area contributed by atoms with Gasteiger partial charge in [0.05, 0.1) is 23.5 Å². The Labute approximate surface area is 172 Å². The lowest BCUT2D eigenvalue weighted by atomic mass is 9.88. The normalized spacial score (nSPS) is 19.1. The molecule has 0 bridgehead atoms. The van der Waals surface area contributed by atoms with Gasteiger partial charge in [-0.15, -0.1) is 5.17 Å². The molecular formula is C18H16BrF3N4O3. The van der Waals surface area contributed by atoms with E-state index in [9.17, 15) is 23.2 Å². The SMILES string of the molecule is CC1(C)CC2=C(CO1)N(OC(=O)C(F)(F)F)N(c1ccccc1Br)C(N)=C2C#N. The van der Waals surface area contributed by atoms with Crippen molar-refractivity contribution in [1.29, 1.82) is 5.26 Å². The van der Waals surface area contributed by atoms with Gasteiger partial charge in [0, 0.05) is 16.5 Å². The largest absolute Gasteiger partial charge is 0.493 e. The van der Waals surface area contributed by atoms with Crippen LogP contribution in [0.5, 0.6) is 0 Å². The maximum Gasteiger partial charge on any atom is 0.493 e. The number of alkyl halides is 3. The van der Waals surface area contributed by atoms with Crippen molar-refractivity contribution in [3.63, 3.8) is 0 Å². The van der Waals surface area contributed by atoms with Crippen LogP contribution in [0, 0.1) is 11.3 Å². The standard InChI is InChI=1S/C18H16BrF3N4O3/c1-17(2)7-10-11(8-23)15(24)25(13-6-4-3-5-12(13)19)26(14(10)9-28-17)29-16(27)18(20,21)22/h3-6H,7,9,24H2,1-2H3. The highest BCUT2D eigenvalue weighted by molar-refractivity contribution is 9.10. The van der Waals surface area contributed by atoms with Crippen molar-refractivity contribution in [1.82, 2.24) is 5.17 Å². The van der Waals surface area contributed by atoms with Crippen LogP contribution in [-0.4, -0.2) is 29.5 Å². The Hall–Kier alpha value is -2.71. The second-order valence-electron chi connectivity index (χ2n) is 6.94. The Morgan fingerprint density at radius 3 is 2.62 bits per heavy atom. The van der Waals surface area contributed by atoms with E-state index in [4.69, 9.17) is 15.3 Å². The van der Waals surface area contributed by atoms with E-state index in [0.717, 1.165) is 5.01 Å². The van der Waals surface area contributed by atoms with Crippen molar-refractivity contribution in [2.24, 2.45) is 5.73 Å². The van der Waals surface area contributed by atoms with Gasteiger partial charge in [0.2, 0.25) is 0 Å². The molecule has 0 saturated heterocycles. The van der Waals surface area contributed by atoms with Gasteiger partial charge in [-0.2, -0.15) is 18.4 Å². The molecule has 11 heteroatoms. The number of carbonyl (C=O) groups is 1. The zero-order valence-corrected chi connectivity index (χ0v) is 17.0. The third-order valence-electron chi connectivity index (χ3n) is 4.34. The molecule has 0 fully saturated rings. The third kappa shape index (κ3) is 3.90. The van der Waals surface area contributed by atoms with Crippen molar-refractivity contribution < 1.29 is 27.5 Å². The Morgan fingerprint density at radius 2 is 2.03 bits per heavy atom. The van der Waals surface area contributed by atoms with Crippen LogP contribution in [0.15, 0.2) is 51.4 Å². The quantitative estimate of drug-likeness (QED) is 0.701. The van der Waals surface area contributed by atoms with Crippen LogP contribution in [0.4, 0.5) is 18.9 Å². The summed E-state index contributed by atoms with van der Waals surface area (Å²) in [6.07, 6.45) is -5.04. The second-order valence-corrected chi connectivity index (χ2v) is 7.79. The number of nitrogens with zero attached hydrogens (tertiary/aromatic N) is 3. The first kappa shape index (κ1) is 21.0. The molecule has 0 unspecified atom stereocenters. The van der Waals surface area contributed by atoms with Crippen molar-refractivity contribution in [3.8, 4) is 6.07 Å². The summed E-state index contributed by atoms with van der Waals surface area (Å²) < 4.78 is 44.9. The number of allylic oxidation sites excluding steroid dienone is 1. The fourth-order valence-corrected chi connectivity index (χ4v) is 3.47. The fourth-order valence-electron chi connectivity index (χ4n) is 3.01. The van der Waals surface area contributed by atoms with E-state index < -0.39 is 17.7 Å². The summed E-state index contributed by atoms with van der Waals surface area (Å²) >= 11 is 3.30. The van der Waals surface area contributed by atoms with E-state index in [0.29, 0.717) is 15.2 Å². The predicted octanol–water partition coefficient (Wildman–Crippen LogP) is 3.65. The smallest absolute Gasteiger partial charge is 0.382 e. The van der Waals surface area contributed by atoms with Crippen LogP contribution < -0.4 is 10.7 Å². The van der Waals surface area contributed by atoms with Gasteiger partial charge in [0.25, 0.3) is 0 Å². The molecule has 0 saturated carbocycles. The zero-order valence-electron chi connectivity index (χ0n) is 15.4. The molecule has 0 amide bonds.